The summed E-state index contributed by atoms with van der Waals surface area (Å²) >= 11 is 1.61. The average molecular weight is 382 g/mol. The van der Waals surface area contributed by atoms with Gasteiger partial charge in [-0.2, -0.15) is 0 Å². The zero-order chi connectivity index (χ0) is 19.2. The van der Waals surface area contributed by atoms with Crippen molar-refractivity contribution in [2.24, 2.45) is 0 Å². The van der Waals surface area contributed by atoms with Crippen LogP contribution in [0.1, 0.15) is 33.3 Å². The maximum absolute atomic E-state index is 12.0. The smallest absolute Gasteiger partial charge is 0.244 e. The number of ether oxygens (including phenoxy) is 1. The monoisotopic (exact) mass is 382 g/mol. The van der Waals surface area contributed by atoms with Crippen molar-refractivity contribution in [2.75, 3.05) is 0 Å². The van der Waals surface area contributed by atoms with E-state index >= 15 is 0 Å². The van der Waals surface area contributed by atoms with Gasteiger partial charge in [0.05, 0.1) is 10.7 Å². The van der Waals surface area contributed by atoms with Crippen LogP contribution in [0.2, 0.25) is 0 Å². The van der Waals surface area contributed by atoms with Crippen LogP contribution >= 0.6 is 11.3 Å². The second-order valence-electron chi connectivity index (χ2n) is 6.21. The molecule has 0 bridgehead atoms. The number of amides is 1. The molecule has 0 aliphatic rings. The van der Waals surface area contributed by atoms with Crippen molar-refractivity contribution in [3.63, 3.8) is 0 Å². The Morgan fingerprint density at radius 3 is 2.85 bits per heavy atom. The summed E-state index contributed by atoms with van der Waals surface area (Å²) in [4.78, 5) is 16.4. The molecule has 0 saturated carbocycles. The van der Waals surface area contributed by atoms with Crippen LogP contribution in [0, 0.1) is 20.8 Å². The number of hydrogen-bond donors (Lipinski definition) is 1. The minimum atomic E-state index is -0.155. The first kappa shape index (κ1) is 18.9. The topological polar surface area (TPSA) is 64.4 Å². The van der Waals surface area contributed by atoms with Gasteiger partial charge < -0.3 is 14.5 Å². The molecule has 140 valence electrons. The van der Waals surface area contributed by atoms with E-state index in [1.807, 2.05) is 56.5 Å². The lowest BCUT2D eigenvalue weighted by molar-refractivity contribution is -0.116. The molecule has 2 aromatic heterocycles. The Bertz CT molecular complexity index is 956. The molecule has 0 spiro atoms. The van der Waals surface area contributed by atoms with Crippen molar-refractivity contribution in [3.8, 4) is 5.75 Å². The highest BCUT2D eigenvalue weighted by Crippen LogP contribution is 2.17. The summed E-state index contributed by atoms with van der Waals surface area (Å²) in [7, 11) is 0. The normalized spacial score (nSPS) is 11.1. The Morgan fingerprint density at radius 2 is 2.15 bits per heavy atom. The lowest BCUT2D eigenvalue weighted by atomic mass is 10.2. The molecule has 0 radical (unpaired) electrons. The van der Waals surface area contributed by atoms with E-state index in [1.54, 1.807) is 17.4 Å². The minimum Gasteiger partial charge on any atom is -0.487 e. The minimum absolute atomic E-state index is 0.155. The number of nitrogens with one attached hydrogen (secondary N) is 1. The summed E-state index contributed by atoms with van der Waals surface area (Å²) in [6, 6.07) is 9.54. The number of furan rings is 1. The molecule has 0 unspecified atom stereocenters. The van der Waals surface area contributed by atoms with Gasteiger partial charge in [0, 0.05) is 23.6 Å². The second-order valence-corrected chi connectivity index (χ2v) is 7.27. The summed E-state index contributed by atoms with van der Waals surface area (Å²) in [6.45, 7) is 6.63. The number of thiazole rings is 1. The quantitative estimate of drug-likeness (QED) is 0.608. The van der Waals surface area contributed by atoms with Gasteiger partial charge in [-0.1, -0.05) is 12.1 Å². The van der Waals surface area contributed by atoms with E-state index in [9.17, 15) is 4.79 Å². The zero-order valence-corrected chi connectivity index (χ0v) is 16.4. The maximum atomic E-state index is 12.0. The van der Waals surface area contributed by atoms with Crippen LogP contribution in [0.15, 0.2) is 46.2 Å². The van der Waals surface area contributed by atoms with E-state index in [0.717, 1.165) is 39.1 Å². The first-order valence-electron chi connectivity index (χ1n) is 8.65. The van der Waals surface area contributed by atoms with Gasteiger partial charge in [-0.3, -0.25) is 4.79 Å². The van der Waals surface area contributed by atoms with Gasteiger partial charge in [0.15, 0.2) is 0 Å². The fourth-order valence-electron chi connectivity index (χ4n) is 2.61. The van der Waals surface area contributed by atoms with Crippen LogP contribution in [-0.4, -0.2) is 10.9 Å². The molecule has 0 saturated heterocycles. The van der Waals surface area contributed by atoms with Gasteiger partial charge in [0.2, 0.25) is 5.91 Å². The van der Waals surface area contributed by atoms with Gasteiger partial charge in [0.25, 0.3) is 0 Å². The number of benzene rings is 1. The van der Waals surface area contributed by atoms with Crippen molar-refractivity contribution < 1.29 is 13.9 Å². The van der Waals surface area contributed by atoms with Crippen molar-refractivity contribution >= 4 is 23.3 Å². The number of carbonyl (C=O) groups excluding carboxylic acids is 1. The zero-order valence-electron chi connectivity index (χ0n) is 15.6. The molecule has 3 rings (SSSR count). The number of nitrogens with zero attached hydrogens (tertiary/aromatic N) is 1. The fraction of sp³-hybridized carbons (Fsp3) is 0.238. The van der Waals surface area contributed by atoms with Gasteiger partial charge in [-0.05, 0) is 50.6 Å². The third-order valence-electron chi connectivity index (χ3n) is 3.94. The van der Waals surface area contributed by atoms with E-state index < -0.39 is 0 Å². The molecule has 0 aliphatic carbocycles. The summed E-state index contributed by atoms with van der Waals surface area (Å²) < 4.78 is 11.2. The third-order valence-corrected chi connectivity index (χ3v) is 4.76. The Morgan fingerprint density at radius 1 is 1.30 bits per heavy atom. The van der Waals surface area contributed by atoms with Crippen molar-refractivity contribution in [3.05, 3.63) is 75.1 Å². The predicted molar refractivity (Wildman–Crippen MR) is 107 cm³/mol. The molecule has 1 amide bonds. The summed E-state index contributed by atoms with van der Waals surface area (Å²) in [5.41, 5.74) is 2.80. The van der Waals surface area contributed by atoms with Crippen LogP contribution < -0.4 is 10.1 Å². The number of carbonyl (C=O) groups is 1. The fourth-order valence-corrected chi connectivity index (χ4v) is 3.21. The SMILES string of the molecule is Cc1cc(CNC(=O)/C=C/c2cccc(OCc3csc(C)n3)c2)c(C)o1. The molecule has 2 heterocycles. The number of aryl methyl sites for hydroxylation is 3. The van der Waals surface area contributed by atoms with Crippen molar-refractivity contribution in [1.29, 1.82) is 0 Å². The summed E-state index contributed by atoms with van der Waals surface area (Å²) in [5, 5.41) is 5.88. The molecule has 1 aromatic carbocycles. The van der Waals surface area contributed by atoms with Gasteiger partial charge in [0.1, 0.15) is 23.9 Å². The Hall–Kier alpha value is -2.86. The molecule has 0 aliphatic heterocycles. The first-order valence-corrected chi connectivity index (χ1v) is 9.53. The van der Waals surface area contributed by atoms with Crippen LogP contribution in [0.4, 0.5) is 0 Å². The Labute approximate surface area is 162 Å². The van der Waals surface area contributed by atoms with Gasteiger partial charge in [-0.15, -0.1) is 11.3 Å². The number of hydrogen-bond acceptors (Lipinski definition) is 5. The highest BCUT2D eigenvalue weighted by Gasteiger charge is 2.05. The highest BCUT2D eigenvalue weighted by atomic mass is 32.1. The maximum Gasteiger partial charge on any atom is 0.244 e. The number of rotatable bonds is 7. The van der Waals surface area contributed by atoms with E-state index in [-0.39, 0.29) is 5.91 Å². The molecular formula is C21H22N2O3S. The first-order chi connectivity index (χ1) is 13.0. The lowest BCUT2D eigenvalue weighted by Crippen LogP contribution is -2.20. The number of aromatic nitrogens is 1. The third kappa shape index (κ3) is 5.56. The Balaban J connectivity index is 1.53. The van der Waals surface area contributed by atoms with Crippen molar-refractivity contribution in [2.45, 2.75) is 33.9 Å². The molecule has 3 aromatic rings. The predicted octanol–water partition coefficient (Wildman–Crippen LogP) is 4.57. The lowest BCUT2D eigenvalue weighted by Gasteiger charge is -2.05. The largest absolute Gasteiger partial charge is 0.487 e. The Kier molecular flexibility index (Phi) is 6.08. The van der Waals surface area contributed by atoms with Crippen LogP contribution in [0.3, 0.4) is 0 Å². The highest BCUT2D eigenvalue weighted by molar-refractivity contribution is 7.09. The van der Waals surface area contributed by atoms with Crippen LogP contribution in [0.25, 0.3) is 6.08 Å². The molecule has 5 nitrogen and oxygen atoms in total. The van der Waals surface area contributed by atoms with Crippen LogP contribution in [0.5, 0.6) is 5.75 Å². The molecule has 6 heteroatoms. The molecule has 27 heavy (non-hydrogen) atoms. The van der Waals surface area contributed by atoms with Crippen molar-refractivity contribution in [1.82, 2.24) is 10.3 Å². The molecular weight excluding hydrogens is 360 g/mol. The molecule has 1 N–H and O–H groups in total. The van der Waals surface area contributed by atoms with Gasteiger partial charge >= 0.3 is 0 Å². The van der Waals surface area contributed by atoms with E-state index in [0.29, 0.717) is 13.2 Å². The second kappa shape index (κ2) is 8.68. The average Bonchev–Trinajstić information content (AvgIpc) is 3.21. The van der Waals surface area contributed by atoms with E-state index in [4.69, 9.17) is 9.15 Å². The van der Waals surface area contributed by atoms with Crippen LogP contribution in [-0.2, 0) is 17.9 Å². The molecule has 0 atom stereocenters. The van der Waals surface area contributed by atoms with E-state index in [2.05, 4.69) is 10.3 Å². The summed E-state index contributed by atoms with van der Waals surface area (Å²) in [6.07, 6.45) is 3.29. The standard InChI is InChI=1S/C21H22N2O3S/c1-14-9-18(15(2)26-14)11-22-21(24)8-7-17-5-4-6-20(10-17)25-12-19-13-27-16(3)23-19/h4-10,13H,11-12H2,1-3H3,(H,22,24)/b8-7+. The summed E-state index contributed by atoms with van der Waals surface area (Å²) in [5.74, 6) is 2.26. The van der Waals surface area contributed by atoms with E-state index in [1.165, 1.54) is 6.08 Å². The molecule has 0 fully saturated rings. The van der Waals surface area contributed by atoms with Gasteiger partial charge in [-0.25, -0.2) is 4.98 Å².